The van der Waals surface area contributed by atoms with Gasteiger partial charge in [-0.15, -0.1) is 0 Å². The average Bonchev–Trinajstić information content (AvgIpc) is 3.15. The zero-order valence-corrected chi connectivity index (χ0v) is 44.3. The van der Waals surface area contributed by atoms with Crippen molar-refractivity contribution in [3.63, 3.8) is 0 Å². The lowest BCUT2D eigenvalue weighted by atomic mass is 9.99. The molecule has 2 saturated heterocycles. The van der Waals surface area contributed by atoms with Crippen molar-refractivity contribution < 1.29 is 200 Å². The first-order valence-electron chi connectivity index (χ1n) is 17.9. The molecule has 0 aromatic carbocycles. The summed E-state index contributed by atoms with van der Waals surface area (Å²) in [5.74, 6) is 0. The van der Waals surface area contributed by atoms with Crippen molar-refractivity contribution >= 4 is 104 Å². The van der Waals surface area contributed by atoms with E-state index in [0.29, 0.717) is 14.2 Å². The van der Waals surface area contributed by atoms with E-state index < -0.39 is 216 Å². The summed E-state index contributed by atoms with van der Waals surface area (Å²) in [6, 6.07) is 0. The van der Waals surface area contributed by atoms with Crippen molar-refractivity contribution in [1.29, 1.82) is 0 Å². The maximum atomic E-state index is 12.2. The molecule has 56 heteroatoms. The monoisotopic (exact) mass is 1330 g/mol. The van der Waals surface area contributed by atoms with E-state index in [4.69, 9.17) is 37.5 Å². The molecule has 454 valence electrons. The molecule has 2 aliphatic heterocycles. The van der Waals surface area contributed by atoms with E-state index in [0.717, 1.165) is 0 Å². The Morgan fingerprint density at radius 1 is 0.342 bits per heavy atom. The van der Waals surface area contributed by atoms with E-state index in [1.54, 1.807) is 0 Å². The van der Waals surface area contributed by atoms with Gasteiger partial charge in [-0.3, -0.25) is 45.5 Å². The predicted octanol–water partition coefficient (Wildman–Crippen LogP) is -8.36. The lowest BCUT2D eigenvalue weighted by molar-refractivity contribution is -0.296. The van der Waals surface area contributed by atoms with Crippen molar-refractivity contribution in [3.05, 3.63) is 0 Å². The maximum absolute atomic E-state index is 12.2. The lowest BCUT2D eigenvalue weighted by Crippen LogP contribution is -2.63. The molecule has 14 atom stereocenters. The van der Waals surface area contributed by atoms with Crippen molar-refractivity contribution in [2.75, 3.05) is 40.6 Å². The zero-order chi connectivity index (χ0) is 59.2. The quantitative estimate of drug-likeness (QED) is 0.0273. The van der Waals surface area contributed by atoms with Crippen LogP contribution in [-0.4, -0.2) is 256 Å². The summed E-state index contributed by atoms with van der Waals surface area (Å²) in [7, 11) is -59.3. The van der Waals surface area contributed by atoms with Gasteiger partial charge in [-0.2, -0.15) is 84.2 Å². The molecular weight excluding hydrogens is 1300 g/mol. The number of rotatable bonds is 33. The van der Waals surface area contributed by atoms with Gasteiger partial charge < -0.3 is 28.4 Å². The van der Waals surface area contributed by atoms with Crippen molar-refractivity contribution in [1.82, 2.24) is 0 Å². The molecule has 0 unspecified atom stereocenters. The Morgan fingerprint density at radius 3 is 0.789 bits per heavy atom. The summed E-state index contributed by atoms with van der Waals surface area (Å²) in [5, 5.41) is 0. The molecule has 10 N–H and O–H groups in total. The molecule has 0 spiro atoms. The number of ether oxygens (including phenoxy) is 6. The Kier molecular flexibility index (Phi) is 24.7. The normalized spacial score (nSPS) is 27.8. The first-order chi connectivity index (χ1) is 33.8. The summed E-state index contributed by atoms with van der Waals surface area (Å²) < 4.78 is 403. The number of methoxy groups -OCH3 is 2. The van der Waals surface area contributed by atoms with E-state index in [2.05, 4.69) is 41.8 Å². The second-order valence-electron chi connectivity index (χ2n) is 13.6. The van der Waals surface area contributed by atoms with Gasteiger partial charge in [-0.1, -0.05) is 0 Å². The van der Waals surface area contributed by atoms with Crippen LogP contribution in [0.4, 0.5) is 0 Å². The largest absolute Gasteiger partial charge is 0.397 e. The average molecular weight is 1340 g/mol. The molecule has 0 aromatic rings. The highest BCUT2D eigenvalue weighted by molar-refractivity contribution is 7.83. The SMILES string of the molecule is CO[C@@H]([C@H](OC)[C@@H](CO[C@@H]1O[C@H](COS(=O)(=O)O)[C@@H](OS(=O)(=O)O)[C@H](OS(=O)(=O)O)[C@H]1OS(=O)(=O)O)OS(=O)(=O)O)[C@@H](CO[C@@H]1O[C@H](COS(=O)(=O)O)[C@@H](OS(=O)(=O)O)[C@H](OS(=O)(=O)O)[C@H]1OS(=O)(=O)O)OS(=O)(=O)O. The van der Waals surface area contributed by atoms with E-state index in [1.807, 2.05) is 0 Å². The Labute approximate surface area is 428 Å². The van der Waals surface area contributed by atoms with Gasteiger partial charge >= 0.3 is 104 Å². The fourth-order valence-electron chi connectivity index (χ4n) is 6.14. The Hall–Kier alpha value is -1.54. The van der Waals surface area contributed by atoms with Crippen LogP contribution >= 0.6 is 0 Å². The highest BCUT2D eigenvalue weighted by atomic mass is 32.3. The molecule has 46 nitrogen and oxygen atoms in total. The smallest absolute Gasteiger partial charge is 0.376 e. The molecule has 0 saturated carbocycles. The fourth-order valence-corrected chi connectivity index (χ4v) is 10.7. The van der Waals surface area contributed by atoms with Crippen molar-refractivity contribution in [2.45, 2.75) is 85.8 Å². The third-order valence-corrected chi connectivity index (χ3v) is 12.9. The van der Waals surface area contributed by atoms with E-state index in [-0.39, 0.29) is 0 Å². The van der Waals surface area contributed by atoms with E-state index in [1.165, 1.54) is 0 Å². The van der Waals surface area contributed by atoms with Crippen LogP contribution in [-0.2, 0) is 174 Å². The van der Waals surface area contributed by atoms with E-state index in [9.17, 15) is 121 Å². The van der Waals surface area contributed by atoms with Crippen LogP contribution in [0.15, 0.2) is 0 Å². The van der Waals surface area contributed by atoms with Gasteiger partial charge in [-0.05, 0) is 0 Å². The second kappa shape index (κ2) is 26.6. The van der Waals surface area contributed by atoms with Crippen LogP contribution < -0.4 is 0 Å². The summed E-state index contributed by atoms with van der Waals surface area (Å²) in [4.78, 5) is 0. The first kappa shape index (κ1) is 70.6. The van der Waals surface area contributed by atoms with Gasteiger partial charge in [0.25, 0.3) is 0 Å². The second-order valence-corrected chi connectivity index (χ2v) is 24.2. The van der Waals surface area contributed by atoms with Crippen LogP contribution in [0.3, 0.4) is 0 Å². The first-order valence-corrected chi connectivity index (χ1v) is 31.5. The van der Waals surface area contributed by atoms with Gasteiger partial charge in [0.1, 0.15) is 61.0 Å². The summed E-state index contributed by atoms with van der Waals surface area (Å²) in [6.45, 7) is -7.56. The standard InChI is InChI=1S/C20H38O46S10/c1-51-11(9(59-69(27,28)29)3-53-19-17(65-75(45,46)47)15(63-73(39,40)41)13(61-71(33,34)35)7(57-19)5-55-67(21,22)23)12(52-2)10(60-70(30,31)32)4-54-20-18(66-76(48,49)50)16(64-74(42,43)44)14(62-72(36,37)38)8(58-20)6-56-68(24,25)26/h7-20H,3-6H2,1-2H3,(H,21,22,23)(H,24,25,26)(H,27,28,29)(H,30,31,32)(H,33,34,35)(H,36,37,38)(H,39,40,41)(H,42,43,44)(H,45,46,47)(H,48,49,50)/t7-,8-,9-,10-,11-,12-,13-,14-,15+,16+,17-,18-,19-,20-/m1/s1. The minimum absolute atomic E-state index is 0.465. The van der Waals surface area contributed by atoms with Gasteiger partial charge in [0, 0.05) is 14.2 Å². The fraction of sp³-hybridized carbons (Fsp3) is 1.00. The molecule has 0 aliphatic carbocycles. The minimum atomic E-state index is -6.15. The van der Waals surface area contributed by atoms with Crippen LogP contribution in [0.1, 0.15) is 0 Å². The molecule has 0 aromatic heterocycles. The molecule has 0 bridgehead atoms. The highest BCUT2D eigenvalue weighted by Gasteiger charge is 2.57. The summed E-state index contributed by atoms with van der Waals surface area (Å²) in [5.41, 5.74) is 0. The number of hydrogen-bond donors (Lipinski definition) is 10. The maximum Gasteiger partial charge on any atom is 0.397 e. The third-order valence-electron chi connectivity index (χ3n) is 8.28. The topological polar surface area (TPSA) is 691 Å². The van der Waals surface area contributed by atoms with E-state index >= 15 is 0 Å². The molecule has 76 heavy (non-hydrogen) atoms. The molecule has 2 aliphatic rings. The lowest BCUT2D eigenvalue weighted by Gasteiger charge is -2.44. The Bertz CT molecular complexity index is 2910. The van der Waals surface area contributed by atoms with Crippen molar-refractivity contribution in [2.24, 2.45) is 0 Å². The minimum Gasteiger partial charge on any atom is -0.376 e. The molecule has 2 fully saturated rings. The molecule has 2 rings (SSSR count). The Balaban J connectivity index is 2.89. The van der Waals surface area contributed by atoms with Crippen LogP contribution in [0.25, 0.3) is 0 Å². The molecule has 0 amide bonds. The molecular formula is C20H38O46S10. The third kappa shape index (κ3) is 27.3. The van der Waals surface area contributed by atoms with Gasteiger partial charge in [0.15, 0.2) is 24.8 Å². The Morgan fingerprint density at radius 2 is 0.579 bits per heavy atom. The zero-order valence-electron chi connectivity index (χ0n) is 36.2. The van der Waals surface area contributed by atoms with Gasteiger partial charge in [0.2, 0.25) is 0 Å². The van der Waals surface area contributed by atoms with Crippen molar-refractivity contribution in [3.8, 4) is 0 Å². The van der Waals surface area contributed by atoms with Crippen LogP contribution in [0, 0.1) is 0 Å². The van der Waals surface area contributed by atoms with Crippen LogP contribution in [0.5, 0.6) is 0 Å². The van der Waals surface area contributed by atoms with Gasteiger partial charge in [-0.25, -0.2) is 41.8 Å². The number of hydrogen-bond acceptors (Lipinski definition) is 36. The van der Waals surface area contributed by atoms with Gasteiger partial charge in [0.05, 0.1) is 26.4 Å². The summed E-state index contributed by atoms with van der Waals surface area (Å²) >= 11 is 0. The van der Waals surface area contributed by atoms with Crippen LogP contribution in [0.2, 0.25) is 0 Å². The summed E-state index contributed by atoms with van der Waals surface area (Å²) in [6.07, 6.45) is -42.2. The highest BCUT2D eigenvalue weighted by Crippen LogP contribution is 2.35. The molecule has 0 radical (unpaired) electrons. The predicted molar refractivity (Wildman–Crippen MR) is 217 cm³/mol. The molecule has 2 heterocycles.